The van der Waals surface area contributed by atoms with Gasteiger partial charge >= 0.3 is 0 Å². The third-order valence-corrected chi connectivity index (χ3v) is 5.92. The standard InChI is InChI=1S/C27H29ClN2O2/c1-19-12-13-22(14-20(19)2)17-26(31)30(18-23-10-7-11-24(28)15-23)25(27(32)29-3)16-21-8-5-4-6-9-21/h4-15,25H,16-18H2,1-3H3,(H,29,32)/t25-/m0/s1. The molecule has 0 spiro atoms. The third kappa shape index (κ3) is 6.21. The van der Waals surface area contributed by atoms with Gasteiger partial charge in [-0.05, 0) is 53.8 Å². The number of carbonyl (C=O) groups is 2. The number of likely N-dealkylation sites (N-methyl/N-ethyl adjacent to an activating group) is 1. The lowest BCUT2D eigenvalue weighted by Crippen LogP contribution is -2.50. The van der Waals surface area contributed by atoms with Crippen molar-refractivity contribution >= 4 is 23.4 Å². The van der Waals surface area contributed by atoms with Crippen LogP contribution in [0, 0.1) is 13.8 Å². The Morgan fingerprint density at radius 1 is 0.875 bits per heavy atom. The van der Waals surface area contributed by atoms with E-state index in [0.29, 0.717) is 18.0 Å². The highest BCUT2D eigenvalue weighted by Crippen LogP contribution is 2.19. The van der Waals surface area contributed by atoms with Crippen molar-refractivity contribution in [1.29, 1.82) is 0 Å². The minimum atomic E-state index is -0.638. The molecule has 166 valence electrons. The van der Waals surface area contributed by atoms with Crippen molar-refractivity contribution in [1.82, 2.24) is 10.2 Å². The van der Waals surface area contributed by atoms with Crippen LogP contribution in [0.25, 0.3) is 0 Å². The molecule has 0 aliphatic rings. The van der Waals surface area contributed by atoms with Crippen LogP contribution in [0.3, 0.4) is 0 Å². The number of benzene rings is 3. The Bertz CT molecular complexity index is 1080. The molecule has 0 unspecified atom stereocenters. The molecule has 0 bridgehead atoms. The molecule has 0 radical (unpaired) electrons. The molecule has 0 heterocycles. The second kappa shape index (κ2) is 11.0. The summed E-state index contributed by atoms with van der Waals surface area (Å²) in [5.41, 5.74) is 5.14. The Kier molecular flexibility index (Phi) is 8.07. The third-order valence-electron chi connectivity index (χ3n) is 5.69. The molecule has 32 heavy (non-hydrogen) atoms. The number of aryl methyl sites for hydroxylation is 2. The highest BCUT2D eigenvalue weighted by Gasteiger charge is 2.29. The van der Waals surface area contributed by atoms with Crippen molar-refractivity contribution in [3.63, 3.8) is 0 Å². The Hall–Kier alpha value is -3.11. The van der Waals surface area contributed by atoms with Crippen molar-refractivity contribution in [3.05, 3.63) is 106 Å². The number of hydrogen-bond donors (Lipinski definition) is 1. The van der Waals surface area contributed by atoms with Gasteiger partial charge in [0.15, 0.2) is 0 Å². The predicted molar refractivity (Wildman–Crippen MR) is 130 cm³/mol. The highest BCUT2D eigenvalue weighted by molar-refractivity contribution is 6.30. The van der Waals surface area contributed by atoms with Crippen LogP contribution in [0.15, 0.2) is 72.8 Å². The molecule has 3 aromatic carbocycles. The maximum atomic E-state index is 13.6. The number of nitrogens with zero attached hydrogens (tertiary/aromatic N) is 1. The molecule has 0 saturated carbocycles. The zero-order valence-corrected chi connectivity index (χ0v) is 19.5. The first-order valence-electron chi connectivity index (χ1n) is 10.7. The molecule has 5 heteroatoms. The maximum Gasteiger partial charge on any atom is 0.242 e. The van der Waals surface area contributed by atoms with Gasteiger partial charge in [0.2, 0.25) is 11.8 Å². The normalized spacial score (nSPS) is 11.6. The van der Waals surface area contributed by atoms with E-state index in [4.69, 9.17) is 11.6 Å². The van der Waals surface area contributed by atoms with E-state index in [1.807, 2.05) is 80.6 Å². The fourth-order valence-electron chi connectivity index (χ4n) is 3.74. The summed E-state index contributed by atoms with van der Waals surface area (Å²) in [5, 5.41) is 3.34. The summed E-state index contributed by atoms with van der Waals surface area (Å²) in [5.74, 6) is -0.290. The van der Waals surface area contributed by atoms with Crippen LogP contribution in [-0.4, -0.2) is 29.8 Å². The van der Waals surface area contributed by atoms with Crippen LogP contribution in [0.5, 0.6) is 0 Å². The van der Waals surface area contributed by atoms with E-state index in [2.05, 4.69) is 5.32 Å². The van der Waals surface area contributed by atoms with Crippen LogP contribution in [0.2, 0.25) is 5.02 Å². The summed E-state index contributed by atoms with van der Waals surface area (Å²) in [7, 11) is 1.60. The summed E-state index contributed by atoms with van der Waals surface area (Å²) in [4.78, 5) is 28.2. The van der Waals surface area contributed by atoms with Crippen LogP contribution >= 0.6 is 11.6 Å². The van der Waals surface area contributed by atoms with E-state index in [1.165, 1.54) is 5.56 Å². The Balaban J connectivity index is 1.95. The lowest BCUT2D eigenvalue weighted by molar-refractivity contribution is -0.140. The maximum absolute atomic E-state index is 13.6. The molecule has 4 nitrogen and oxygen atoms in total. The lowest BCUT2D eigenvalue weighted by Gasteiger charge is -2.31. The van der Waals surface area contributed by atoms with E-state index < -0.39 is 6.04 Å². The van der Waals surface area contributed by atoms with Crippen LogP contribution < -0.4 is 5.32 Å². The van der Waals surface area contributed by atoms with E-state index in [9.17, 15) is 9.59 Å². The van der Waals surface area contributed by atoms with Gasteiger partial charge in [-0.1, -0.05) is 72.3 Å². The number of carbonyl (C=O) groups excluding carboxylic acids is 2. The summed E-state index contributed by atoms with van der Waals surface area (Å²) >= 11 is 6.19. The molecule has 3 aromatic rings. The van der Waals surface area contributed by atoms with Crippen molar-refractivity contribution in [2.75, 3.05) is 7.05 Å². The zero-order valence-electron chi connectivity index (χ0n) is 18.8. The average molecular weight is 449 g/mol. The van der Waals surface area contributed by atoms with Crippen molar-refractivity contribution < 1.29 is 9.59 Å². The Morgan fingerprint density at radius 3 is 2.25 bits per heavy atom. The minimum absolute atomic E-state index is 0.0993. The number of rotatable bonds is 8. The molecule has 0 saturated heterocycles. The average Bonchev–Trinajstić information content (AvgIpc) is 2.79. The van der Waals surface area contributed by atoms with Gasteiger partial charge in [0, 0.05) is 25.0 Å². The van der Waals surface area contributed by atoms with Crippen molar-refractivity contribution in [3.8, 4) is 0 Å². The minimum Gasteiger partial charge on any atom is -0.357 e. The first kappa shape index (κ1) is 23.6. The topological polar surface area (TPSA) is 49.4 Å². The SMILES string of the molecule is CNC(=O)[C@H](Cc1ccccc1)N(Cc1cccc(Cl)c1)C(=O)Cc1ccc(C)c(C)c1. The molecule has 0 aliphatic heterocycles. The predicted octanol–water partition coefficient (Wildman–Crippen LogP) is 4.89. The van der Waals surface area contributed by atoms with E-state index in [-0.39, 0.29) is 18.2 Å². The molecule has 2 amide bonds. The molecule has 0 fully saturated rings. The number of halogens is 1. The molecule has 0 aromatic heterocycles. The van der Waals surface area contributed by atoms with Gasteiger partial charge < -0.3 is 10.2 Å². The van der Waals surface area contributed by atoms with E-state index in [1.54, 1.807) is 18.0 Å². The summed E-state index contributed by atoms with van der Waals surface area (Å²) in [6.45, 7) is 4.39. The van der Waals surface area contributed by atoms with Gasteiger partial charge in [-0.2, -0.15) is 0 Å². The first-order valence-corrected chi connectivity index (χ1v) is 11.1. The van der Waals surface area contributed by atoms with E-state index >= 15 is 0 Å². The second-order valence-electron chi connectivity index (χ2n) is 8.07. The highest BCUT2D eigenvalue weighted by atomic mass is 35.5. The largest absolute Gasteiger partial charge is 0.357 e. The van der Waals surface area contributed by atoms with Gasteiger partial charge in [0.25, 0.3) is 0 Å². The molecule has 1 atom stereocenters. The van der Waals surface area contributed by atoms with Gasteiger partial charge in [0.1, 0.15) is 6.04 Å². The van der Waals surface area contributed by atoms with Crippen LogP contribution in [0.1, 0.15) is 27.8 Å². The molecule has 3 rings (SSSR count). The van der Waals surface area contributed by atoms with Crippen LogP contribution in [-0.2, 0) is 29.0 Å². The van der Waals surface area contributed by atoms with Gasteiger partial charge in [-0.15, -0.1) is 0 Å². The number of hydrogen-bond acceptors (Lipinski definition) is 2. The zero-order chi connectivity index (χ0) is 23.1. The number of amides is 2. The smallest absolute Gasteiger partial charge is 0.242 e. The van der Waals surface area contributed by atoms with Gasteiger partial charge in [-0.25, -0.2) is 0 Å². The van der Waals surface area contributed by atoms with Gasteiger partial charge in [0.05, 0.1) is 6.42 Å². The Labute approximate surface area is 195 Å². The summed E-state index contributed by atoms with van der Waals surface area (Å²) < 4.78 is 0. The van der Waals surface area contributed by atoms with Crippen molar-refractivity contribution in [2.24, 2.45) is 0 Å². The monoisotopic (exact) mass is 448 g/mol. The fraction of sp³-hybridized carbons (Fsp3) is 0.259. The fourth-order valence-corrected chi connectivity index (χ4v) is 3.96. The summed E-state index contributed by atoms with van der Waals surface area (Å²) in [6, 6.07) is 22.6. The van der Waals surface area contributed by atoms with Crippen molar-refractivity contribution in [2.45, 2.75) is 39.3 Å². The lowest BCUT2D eigenvalue weighted by atomic mass is 10.0. The molecule has 0 aliphatic carbocycles. The molecular weight excluding hydrogens is 420 g/mol. The van der Waals surface area contributed by atoms with E-state index in [0.717, 1.165) is 22.3 Å². The second-order valence-corrected chi connectivity index (χ2v) is 8.50. The molecule has 1 N–H and O–H groups in total. The van der Waals surface area contributed by atoms with Crippen LogP contribution in [0.4, 0.5) is 0 Å². The van der Waals surface area contributed by atoms with Gasteiger partial charge in [-0.3, -0.25) is 9.59 Å². The molecular formula is C27H29ClN2O2. The quantitative estimate of drug-likeness (QED) is 0.533. The number of nitrogens with one attached hydrogen (secondary N) is 1. The first-order chi connectivity index (χ1) is 15.4. The summed E-state index contributed by atoms with van der Waals surface area (Å²) in [6.07, 6.45) is 0.656. The Morgan fingerprint density at radius 2 is 1.59 bits per heavy atom.